The predicted octanol–water partition coefficient (Wildman–Crippen LogP) is 2.97. The van der Waals surface area contributed by atoms with Gasteiger partial charge in [0.25, 0.3) is 0 Å². The Morgan fingerprint density at radius 2 is 2.10 bits per heavy atom. The molecule has 0 aliphatic rings. The summed E-state index contributed by atoms with van der Waals surface area (Å²) in [5.74, 6) is 0.824. The third-order valence-electron chi connectivity index (χ3n) is 3.63. The molecular formula is C16H19N3O. The average molecular weight is 269 g/mol. The van der Waals surface area contributed by atoms with E-state index >= 15 is 0 Å². The number of aryl methyl sites for hydroxylation is 2. The summed E-state index contributed by atoms with van der Waals surface area (Å²) in [5, 5.41) is 5.54. The summed E-state index contributed by atoms with van der Waals surface area (Å²) < 4.78 is 7.72. The van der Waals surface area contributed by atoms with Crippen molar-refractivity contribution >= 4 is 11.0 Å². The zero-order valence-electron chi connectivity index (χ0n) is 11.8. The molecule has 1 aromatic carbocycles. The number of furan rings is 1. The van der Waals surface area contributed by atoms with Gasteiger partial charge in [0.2, 0.25) is 0 Å². The summed E-state index contributed by atoms with van der Waals surface area (Å²) in [5.41, 5.74) is 9.39. The Morgan fingerprint density at radius 1 is 1.30 bits per heavy atom. The van der Waals surface area contributed by atoms with Gasteiger partial charge in [0.1, 0.15) is 11.3 Å². The highest BCUT2D eigenvalue weighted by Crippen LogP contribution is 2.24. The number of para-hydroxylation sites is 1. The molecule has 2 heterocycles. The van der Waals surface area contributed by atoms with Crippen LogP contribution in [0.3, 0.4) is 0 Å². The molecule has 3 rings (SSSR count). The molecule has 0 aliphatic heterocycles. The molecule has 0 aliphatic carbocycles. The first-order valence-corrected chi connectivity index (χ1v) is 6.93. The minimum absolute atomic E-state index is 0.150. The van der Waals surface area contributed by atoms with Crippen LogP contribution in [0.1, 0.15) is 30.1 Å². The molecule has 2 aromatic heterocycles. The lowest BCUT2D eigenvalue weighted by molar-refractivity contribution is 0.486. The number of nitrogens with two attached hydrogens (primary N) is 1. The third kappa shape index (κ3) is 2.34. The SMILES string of the molecule is CCc1cc(CC(N)c2cc3ccccc3o2)n(C)n1. The number of fused-ring (bicyclic) bond motifs is 1. The van der Waals surface area contributed by atoms with E-state index in [1.807, 2.05) is 42.1 Å². The normalized spacial score (nSPS) is 12.9. The summed E-state index contributed by atoms with van der Waals surface area (Å²) in [6, 6.07) is 12.0. The molecule has 20 heavy (non-hydrogen) atoms. The maximum Gasteiger partial charge on any atom is 0.134 e. The molecule has 0 saturated heterocycles. The number of hydrogen-bond donors (Lipinski definition) is 1. The molecule has 0 radical (unpaired) electrons. The van der Waals surface area contributed by atoms with Crippen molar-refractivity contribution in [1.29, 1.82) is 0 Å². The second-order valence-corrected chi connectivity index (χ2v) is 5.10. The largest absolute Gasteiger partial charge is 0.459 e. The van der Waals surface area contributed by atoms with Gasteiger partial charge in [-0.2, -0.15) is 5.10 Å². The highest BCUT2D eigenvalue weighted by molar-refractivity contribution is 5.77. The monoisotopic (exact) mass is 269 g/mol. The Bertz CT molecular complexity index is 693. The van der Waals surface area contributed by atoms with Crippen molar-refractivity contribution in [2.24, 2.45) is 12.8 Å². The van der Waals surface area contributed by atoms with Gasteiger partial charge in [0.05, 0.1) is 11.7 Å². The first kappa shape index (κ1) is 12.9. The lowest BCUT2D eigenvalue weighted by atomic mass is 10.1. The molecule has 104 valence electrons. The lowest BCUT2D eigenvalue weighted by Gasteiger charge is -2.08. The number of nitrogens with zero attached hydrogens (tertiary/aromatic N) is 2. The highest BCUT2D eigenvalue weighted by atomic mass is 16.3. The van der Waals surface area contributed by atoms with Crippen molar-refractivity contribution in [2.45, 2.75) is 25.8 Å². The molecule has 4 heteroatoms. The second kappa shape index (κ2) is 5.13. The van der Waals surface area contributed by atoms with Crippen LogP contribution in [-0.4, -0.2) is 9.78 Å². The van der Waals surface area contributed by atoms with Crippen molar-refractivity contribution in [2.75, 3.05) is 0 Å². The first-order chi connectivity index (χ1) is 9.67. The molecule has 0 spiro atoms. The minimum atomic E-state index is -0.150. The van der Waals surface area contributed by atoms with E-state index in [9.17, 15) is 0 Å². The Hall–Kier alpha value is -2.07. The van der Waals surface area contributed by atoms with Gasteiger partial charge in [-0.1, -0.05) is 25.1 Å². The van der Waals surface area contributed by atoms with Crippen molar-refractivity contribution < 1.29 is 4.42 Å². The Kier molecular flexibility index (Phi) is 3.32. The molecule has 0 saturated carbocycles. The Labute approximate surface area is 118 Å². The van der Waals surface area contributed by atoms with Crippen LogP contribution in [0.25, 0.3) is 11.0 Å². The van der Waals surface area contributed by atoms with E-state index in [4.69, 9.17) is 10.2 Å². The van der Waals surface area contributed by atoms with E-state index in [0.717, 1.165) is 41.0 Å². The summed E-state index contributed by atoms with van der Waals surface area (Å²) in [7, 11) is 1.96. The zero-order chi connectivity index (χ0) is 14.1. The van der Waals surface area contributed by atoms with Gasteiger partial charge in [-0.25, -0.2) is 0 Å². The minimum Gasteiger partial charge on any atom is -0.459 e. The fourth-order valence-corrected chi connectivity index (χ4v) is 2.45. The topological polar surface area (TPSA) is 57.0 Å². The van der Waals surface area contributed by atoms with Crippen LogP contribution in [0.15, 0.2) is 40.8 Å². The fraction of sp³-hybridized carbons (Fsp3) is 0.312. The van der Waals surface area contributed by atoms with Crippen molar-refractivity contribution in [1.82, 2.24) is 9.78 Å². The average Bonchev–Trinajstić information content (AvgIpc) is 3.02. The van der Waals surface area contributed by atoms with Gasteiger partial charge in [0.15, 0.2) is 0 Å². The van der Waals surface area contributed by atoms with Crippen LogP contribution in [0.4, 0.5) is 0 Å². The van der Waals surface area contributed by atoms with Gasteiger partial charge in [-0.05, 0) is 24.6 Å². The molecule has 4 nitrogen and oxygen atoms in total. The quantitative estimate of drug-likeness (QED) is 0.792. The first-order valence-electron chi connectivity index (χ1n) is 6.93. The predicted molar refractivity (Wildman–Crippen MR) is 79.4 cm³/mol. The molecule has 0 bridgehead atoms. The number of aromatic nitrogens is 2. The van der Waals surface area contributed by atoms with Crippen molar-refractivity contribution in [3.63, 3.8) is 0 Å². The Balaban J connectivity index is 1.84. The zero-order valence-corrected chi connectivity index (χ0v) is 11.8. The van der Waals surface area contributed by atoms with Crippen LogP contribution < -0.4 is 5.73 Å². The molecule has 0 amide bonds. The molecule has 3 aromatic rings. The number of rotatable bonds is 4. The second-order valence-electron chi connectivity index (χ2n) is 5.10. The molecular weight excluding hydrogens is 250 g/mol. The molecule has 2 N–H and O–H groups in total. The van der Waals surface area contributed by atoms with Crippen LogP contribution in [0, 0.1) is 0 Å². The number of hydrogen-bond acceptors (Lipinski definition) is 3. The van der Waals surface area contributed by atoms with E-state index in [1.165, 1.54) is 0 Å². The van der Waals surface area contributed by atoms with Crippen LogP contribution in [0.5, 0.6) is 0 Å². The van der Waals surface area contributed by atoms with Gasteiger partial charge in [-0.3, -0.25) is 4.68 Å². The van der Waals surface area contributed by atoms with Crippen LogP contribution in [0.2, 0.25) is 0 Å². The van der Waals surface area contributed by atoms with Gasteiger partial charge in [-0.15, -0.1) is 0 Å². The van der Waals surface area contributed by atoms with E-state index in [2.05, 4.69) is 18.1 Å². The van der Waals surface area contributed by atoms with Gasteiger partial charge < -0.3 is 10.2 Å². The highest BCUT2D eigenvalue weighted by Gasteiger charge is 2.15. The van der Waals surface area contributed by atoms with E-state index in [-0.39, 0.29) is 6.04 Å². The van der Waals surface area contributed by atoms with Gasteiger partial charge in [0, 0.05) is 24.5 Å². The maximum absolute atomic E-state index is 6.28. The maximum atomic E-state index is 6.28. The fourth-order valence-electron chi connectivity index (χ4n) is 2.45. The van der Waals surface area contributed by atoms with Crippen molar-refractivity contribution in [3.8, 4) is 0 Å². The molecule has 1 atom stereocenters. The van der Waals surface area contributed by atoms with Crippen molar-refractivity contribution in [3.05, 3.63) is 53.5 Å². The summed E-state index contributed by atoms with van der Waals surface area (Å²) in [4.78, 5) is 0. The summed E-state index contributed by atoms with van der Waals surface area (Å²) in [6.45, 7) is 2.10. The number of benzene rings is 1. The smallest absolute Gasteiger partial charge is 0.134 e. The standard InChI is InChI=1S/C16H19N3O/c1-3-12-9-13(19(2)18-12)10-14(17)16-8-11-6-4-5-7-15(11)20-16/h4-9,14H,3,10,17H2,1-2H3. The molecule has 0 fully saturated rings. The van der Waals surface area contributed by atoms with Gasteiger partial charge >= 0.3 is 0 Å². The summed E-state index contributed by atoms with van der Waals surface area (Å²) >= 11 is 0. The van der Waals surface area contributed by atoms with Crippen LogP contribution >= 0.6 is 0 Å². The van der Waals surface area contributed by atoms with E-state index in [1.54, 1.807) is 0 Å². The summed E-state index contributed by atoms with van der Waals surface area (Å²) in [6.07, 6.45) is 1.66. The van der Waals surface area contributed by atoms with E-state index in [0.29, 0.717) is 0 Å². The molecule has 1 unspecified atom stereocenters. The van der Waals surface area contributed by atoms with Crippen LogP contribution in [-0.2, 0) is 19.9 Å². The third-order valence-corrected chi connectivity index (χ3v) is 3.63. The Morgan fingerprint density at radius 3 is 2.80 bits per heavy atom. The van der Waals surface area contributed by atoms with E-state index < -0.39 is 0 Å². The lowest BCUT2D eigenvalue weighted by Crippen LogP contribution is -2.14.